The standard InChI is InChI=1S/C24H24ClN3O4/c1-2-16-32-24(31)17-8-10-19(11-9-17)28-22(29)20(25)21(23(28)30)27-14-12-26(13-15-27)18-6-4-3-5-7-18/h3-11H,2,12-16H2,1H3. The monoisotopic (exact) mass is 453 g/mol. The molecule has 2 aliphatic rings. The van der Waals surface area contributed by atoms with E-state index in [-0.39, 0.29) is 10.7 Å². The van der Waals surface area contributed by atoms with Gasteiger partial charge in [0.1, 0.15) is 10.7 Å². The summed E-state index contributed by atoms with van der Waals surface area (Å²) < 4.78 is 5.11. The zero-order valence-electron chi connectivity index (χ0n) is 17.8. The Labute approximate surface area is 191 Å². The van der Waals surface area contributed by atoms with Crippen molar-refractivity contribution in [2.45, 2.75) is 13.3 Å². The highest BCUT2D eigenvalue weighted by Crippen LogP contribution is 2.32. The summed E-state index contributed by atoms with van der Waals surface area (Å²) in [6.45, 7) is 4.84. The van der Waals surface area contributed by atoms with Gasteiger partial charge in [-0.15, -0.1) is 0 Å². The van der Waals surface area contributed by atoms with Gasteiger partial charge in [0.05, 0.1) is 17.9 Å². The lowest BCUT2D eigenvalue weighted by Crippen LogP contribution is -2.47. The molecule has 2 aromatic carbocycles. The average molecular weight is 454 g/mol. The lowest BCUT2D eigenvalue weighted by atomic mass is 10.2. The van der Waals surface area contributed by atoms with Crippen molar-refractivity contribution in [2.24, 2.45) is 0 Å². The quantitative estimate of drug-likeness (QED) is 0.493. The van der Waals surface area contributed by atoms with Crippen molar-refractivity contribution in [3.05, 3.63) is 70.9 Å². The van der Waals surface area contributed by atoms with Gasteiger partial charge < -0.3 is 14.5 Å². The predicted molar refractivity (Wildman–Crippen MR) is 123 cm³/mol. The summed E-state index contributed by atoms with van der Waals surface area (Å²) in [4.78, 5) is 43.1. The van der Waals surface area contributed by atoms with Crippen molar-refractivity contribution < 1.29 is 19.1 Å². The fourth-order valence-electron chi connectivity index (χ4n) is 3.85. The van der Waals surface area contributed by atoms with E-state index >= 15 is 0 Å². The first-order valence-electron chi connectivity index (χ1n) is 10.6. The molecule has 0 spiro atoms. The number of anilines is 2. The van der Waals surface area contributed by atoms with Gasteiger partial charge in [-0.3, -0.25) is 9.59 Å². The topological polar surface area (TPSA) is 70.2 Å². The number of esters is 1. The van der Waals surface area contributed by atoms with E-state index in [2.05, 4.69) is 17.0 Å². The number of benzene rings is 2. The first-order valence-corrected chi connectivity index (χ1v) is 11.0. The number of nitrogens with zero attached hydrogens (tertiary/aromatic N) is 3. The molecule has 0 saturated carbocycles. The Hall–Kier alpha value is -3.32. The number of hydrogen-bond acceptors (Lipinski definition) is 6. The summed E-state index contributed by atoms with van der Waals surface area (Å²) in [5.74, 6) is -1.45. The molecule has 0 aromatic heterocycles. The molecule has 4 rings (SSSR count). The molecule has 2 amide bonds. The van der Waals surface area contributed by atoms with Crippen molar-refractivity contribution in [1.82, 2.24) is 4.90 Å². The fraction of sp³-hybridized carbons (Fsp3) is 0.292. The number of para-hydroxylation sites is 1. The summed E-state index contributed by atoms with van der Waals surface area (Å²) in [5.41, 5.74) is 2.08. The minimum absolute atomic E-state index is 0.0745. The average Bonchev–Trinajstić information content (AvgIpc) is 3.06. The van der Waals surface area contributed by atoms with Gasteiger partial charge >= 0.3 is 5.97 Å². The largest absolute Gasteiger partial charge is 0.462 e. The first kappa shape index (κ1) is 21.9. The van der Waals surface area contributed by atoms with Crippen LogP contribution in [0.5, 0.6) is 0 Å². The van der Waals surface area contributed by atoms with Crippen LogP contribution in [0.2, 0.25) is 0 Å². The van der Waals surface area contributed by atoms with Gasteiger partial charge in [0, 0.05) is 31.9 Å². The van der Waals surface area contributed by atoms with Gasteiger partial charge in [0.25, 0.3) is 11.8 Å². The highest BCUT2D eigenvalue weighted by atomic mass is 35.5. The summed E-state index contributed by atoms with van der Waals surface area (Å²) in [6.07, 6.45) is 0.729. The van der Waals surface area contributed by atoms with Crippen molar-refractivity contribution in [3.8, 4) is 0 Å². The second kappa shape index (κ2) is 9.44. The molecular weight excluding hydrogens is 430 g/mol. The molecule has 0 unspecified atom stereocenters. The smallest absolute Gasteiger partial charge is 0.338 e. The van der Waals surface area contributed by atoms with Crippen LogP contribution in [0.4, 0.5) is 11.4 Å². The van der Waals surface area contributed by atoms with Crippen LogP contribution in [0.15, 0.2) is 65.3 Å². The Kier molecular flexibility index (Phi) is 6.46. The molecule has 2 heterocycles. The van der Waals surface area contributed by atoms with Crippen LogP contribution >= 0.6 is 11.6 Å². The molecule has 2 aliphatic heterocycles. The minimum Gasteiger partial charge on any atom is -0.462 e. The van der Waals surface area contributed by atoms with Crippen molar-refractivity contribution in [3.63, 3.8) is 0 Å². The Morgan fingerprint density at radius 3 is 2.12 bits per heavy atom. The summed E-state index contributed by atoms with van der Waals surface area (Å²) in [6, 6.07) is 16.3. The molecule has 0 atom stereocenters. The molecule has 0 N–H and O–H groups in total. The van der Waals surface area contributed by atoms with Crippen LogP contribution in [-0.4, -0.2) is 55.5 Å². The van der Waals surface area contributed by atoms with Gasteiger partial charge in [-0.2, -0.15) is 0 Å². The van der Waals surface area contributed by atoms with Crippen molar-refractivity contribution in [1.29, 1.82) is 0 Å². The van der Waals surface area contributed by atoms with Crippen LogP contribution in [0.25, 0.3) is 0 Å². The normalized spacial score (nSPS) is 16.8. The lowest BCUT2D eigenvalue weighted by Gasteiger charge is -2.37. The Balaban J connectivity index is 1.46. The van der Waals surface area contributed by atoms with E-state index in [0.717, 1.165) is 17.0 Å². The molecule has 7 nitrogen and oxygen atoms in total. The zero-order chi connectivity index (χ0) is 22.7. The number of carbonyl (C=O) groups excluding carboxylic acids is 3. The number of amides is 2. The number of piperazine rings is 1. The van der Waals surface area contributed by atoms with E-state index in [9.17, 15) is 14.4 Å². The van der Waals surface area contributed by atoms with E-state index in [0.29, 0.717) is 44.0 Å². The number of carbonyl (C=O) groups is 3. The molecule has 0 aliphatic carbocycles. The maximum absolute atomic E-state index is 13.2. The number of rotatable bonds is 6. The van der Waals surface area contributed by atoms with Crippen LogP contribution in [0, 0.1) is 0 Å². The van der Waals surface area contributed by atoms with E-state index in [1.807, 2.05) is 30.0 Å². The third-order valence-electron chi connectivity index (χ3n) is 5.52. The SMILES string of the molecule is CCCOC(=O)c1ccc(N2C(=O)C(Cl)=C(N3CCN(c4ccccc4)CC3)C2=O)cc1. The van der Waals surface area contributed by atoms with E-state index in [1.54, 1.807) is 24.3 Å². The predicted octanol–water partition coefficient (Wildman–Crippen LogP) is 3.40. The Bertz CT molecular complexity index is 1040. The molecule has 166 valence electrons. The van der Waals surface area contributed by atoms with Gasteiger partial charge in [0.15, 0.2) is 0 Å². The molecule has 8 heteroatoms. The molecule has 2 aromatic rings. The molecule has 0 bridgehead atoms. The Morgan fingerprint density at radius 1 is 0.875 bits per heavy atom. The minimum atomic E-state index is -0.557. The van der Waals surface area contributed by atoms with Gasteiger partial charge in [0.2, 0.25) is 0 Å². The number of hydrogen-bond donors (Lipinski definition) is 0. The van der Waals surface area contributed by atoms with Crippen LogP contribution in [-0.2, 0) is 14.3 Å². The third-order valence-corrected chi connectivity index (χ3v) is 5.86. The maximum Gasteiger partial charge on any atom is 0.338 e. The van der Waals surface area contributed by atoms with Crippen molar-refractivity contribution >= 4 is 40.8 Å². The summed E-state index contributed by atoms with van der Waals surface area (Å²) in [5, 5.41) is -0.0745. The van der Waals surface area contributed by atoms with Crippen LogP contribution in [0.1, 0.15) is 23.7 Å². The van der Waals surface area contributed by atoms with E-state index < -0.39 is 17.8 Å². The molecule has 0 radical (unpaired) electrons. The molecule has 1 saturated heterocycles. The summed E-state index contributed by atoms with van der Waals surface area (Å²) >= 11 is 6.33. The van der Waals surface area contributed by atoms with Crippen molar-refractivity contribution in [2.75, 3.05) is 42.6 Å². The number of ether oxygens (including phenoxy) is 1. The number of halogens is 1. The maximum atomic E-state index is 13.2. The highest BCUT2D eigenvalue weighted by Gasteiger charge is 2.42. The van der Waals surface area contributed by atoms with Gasteiger partial charge in [-0.1, -0.05) is 36.7 Å². The van der Waals surface area contributed by atoms with E-state index in [4.69, 9.17) is 16.3 Å². The molecular formula is C24H24ClN3O4. The zero-order valence-corrected chi connectivity index (χ0v) is 18.5. The van der Waals surface area contributed by atoms with Gasteiger partial charge in [-0.05, 0) is 42.8 Å². The molecule has 1 fully saturated rings. The lowest BCUT2D eigenvalue weighted by molar-refractivity contribution is -0.121. The third kappa shape index (κ3) is 4.21. The van der Waals surface area contributed by atoms with Crippen LogP contribution < -0.4 is 9.80 Å². The Morgan fingerprint density at radius 2 is 1.50 bits per heavy atom. The second-order valence-electron chi connectivity index (χ2n) is 7.60. The fourth-order valence-corrected chi connectivity index (χ4v) is 4.14. The molecule has 32 heavy (non-hydrogen) atoms. The summed E-state index contributed by atoms with van der Waals surface area (Å²) in [7, 11) is 0. The number of imide groups is 1. The highest BCUT2D eigenvalue weighted by molar-refractivity contribution is 6.52. The first-order chi connectivity index (χ1) is 15.5. The van der Waals surface area contributed by atoms with Gasteiger partial charge in [-0.25, -0.2) is 9.69 Å². The second-order valence-corrected chi connectivity index (χ2v) is 7.98. The van der Waals surface area contributed by atoms with E-state index in [1.165, 1.54) is 0 Å². The van der Waals surface area contributed by atoms with Crippen LogP contribution in [0.3, 0.4) is 0 Å².